The van der Waals surface area contributed by atoms with Crippen LogP contribution in [0.25, 0.3) is 0 Å². The van der Waals surface area contributed by atoms with Crippen LogP contribution in [0, 0.1) is 17.1 Å². The van der Waals surface area contributed by atoms with Crippen LogP contribution in [0.3, 0.4) is 0 Å². The molecule has 1 fully saturated rings. The van der Waals surface area contributed by atoms with Gasteiger partial charge in [-0.25, -0.2) is 4.39 Å². The van der Waals surface area contributed by atoms with Crippen LogP contribution >= 0.6 is 0 Å². The molecule has 5 heteroatoms. The summed E-state index contributed by atoms with van der Waals surface area (Å²) in [6.45, 7) is 1.25. The third kappa shape index (κ3) is 4.02. The minimum atomic E-state index is -0.309. The third-order valence-corrected chi connectivity index (χ3v) is 3.93. The number of esters is 1. The zero-order valence-corrected chi connectivity index (χ0v) is 12.1. The number of nitriles is 1. The highest BCUT2D eigenvalue weighted by molar-refractivity contribution is 5.69. The lowest BCUT2D eigenvalue weighted by Gasteiger charge is -2.35. The molecule has 1 atom stereocenters. The number of nitrogens with zero attached hydrogens (tertiary/aromatic N) is 2. The summed E-state index contributed by atoms with van der Waals surface area (Å²) in [6, 6.07) is 6.49. The number of halogens is 1. The number of hydrogen-bond donors (Lipinski definition) is 0. The van der Waals surface area contributed by atoms with Gasteiger partial charge in [0.25, 0.3) is 0 Å². The molecule has 0 spiro atoms. The molecule has 1 unspecified atom stereocenters. The van der Waals surface area contributed by atoms with Gasteiger partial charge in [0, 0.05) is 18.2 Å². The smallest absolute Gasteiger partial charge is 0.307 e. The highest BCUT2D eigenvalue weighted by atomic mass is 19.1. The quantitative estimate of drug-likeness (QED) is 0.800. The van der Waals surface area contributed by atoms with Crippen molar-refractivity contribution in [2.75, 3.05) is 13.7 Å². The summed E-state index contributed by atoms with van der Waals surface area (Å²) in [6.07, 6.45) is 3.35. The number of rotatable bonds is 4. The van der Waals surface area contributed by atoms with Crippen LogP contribution < -0.4 is 0 Å². The van der Waals surface area contributed by atoms with Crippen molar-refractivity contribution in [1.29, 1.82) is 5.26 Å². The molecule has 1 aliphatic heterocycles. The van der Waals surface area contributed by atoms with E-state index in [9.17, 15) is 9.18 Å². The van der Waals surface area contributed by atoms with Gasteiger partial charge in [-0.3, -0.25) is 9.69 Å². The van der Waals surface area contributed by atoms with Gasteiger partial charge in [-0.05, 0) is 37.6 Å². The molecule has 1 saturated heterocycles. The van der Waals surface area contributed by atoms with Gasteiger partial charge in [0.15, 0.2) is 0 Å². The van der Waals surface area contributed by atoms with Gasteiger partial charge >= 0.3 is 5.97 Å². The highest BCUT2D eigenvalue weighted by Crippen LogP contribution is 2.23. The van der Waals surface area contributed by atoms with Crippen LogP contribution in [0.1, 0.15) is 36.8 Å². The highest BCUT2D eigenvalue weighted by Gasteiger charge is 2.25. The number of hydrogen-bond acceptors (Lipinski definition) is 4. The molecule has 0 bridgehead atoms. The van der Waals surface area contributed by atoms with E-state index in [1.165, 1.54) is 19.2 Å². The molecule has 112 valence electrons. The van der Waals surface area contributed by atoms with Gasteiger partial charge in [-0.2, -0.15) is 5.26 Å². The molecule has 0 radical (unpaired) electrons. The zero-order chi connectivity index (χ0) is 15.2. The lowest BCUT2D eigenvalue weighted by atomic mass is 9.98. The largest absolute Gasteiger partial charge is 0.469 e. The SMILES string of the molecule is COC(=O)CC1CCCCN1Cc1cc(C#N)ccc1F. The van der Waals surface area contributed by atoms with E-state index in [0.717, 1.165) is 25.8 Å². The fraction of sp³-hybridized carbons (Fsp3) is 0.500. The fourth-order valence-electron chi connectivity index (χ4n) is 2.76. The van der Waals surface area contributed by atoms with Crippen LogP contribution in [0.2, 0.25) is 0 Å². The molecule has 1 aromatic rings. The number of carbonyl (C=O) groups excluding carboxylic acids is 1. The molecule has 21 heavy (non-hydrogen) atoms. The zero-order valence-electron chi connectivity index (χ0n) is 12.1. The van der Waals surface area contributed by atoms with Crippen molar-refractivity contribution in [2.24, 2.45) is 0 Å². The Hall–Kier alpha value is -1.93. The van der Waals surface area contributed by atoms with E-state index in [1.54, 1.807) is 6.07 Å². The summed E-state index contributed by atoms with van der Waals surface area (Å²) >= 11 is 0. The van der Waals surface area contributed by atoms with Gasteiger partial charge in [0.1, 0.15) is 5.82 Å². The molecule has 1 aromatic carbocycles. The van der Waals surface area contributed by atoms with Gasteiger partial charge in [-0.1, -0.05) is 6.42 Å². The summed E-state index contributed by atoms with van der Waals surface area (Å²) in [4.78, 5) is 13.6. The maximum absolute atomic E-state index is 13.9. The summed E-state index contributed by atoms with van der Waals surface area (Å²) < 4.78 is 18.6. The summed E-state index contributed by atoms with van der Waals surface area (Å²) in [7, 11) is 1.38. The number of methoxy groups -OCH3 is 1. The Balaban J connectivity index is 2.12. The normalized spacial score (nSPS) is 19.0. The second-order valence-corrected chi connectivity index (χ2v) is 5.32. The molecule has 0 saturated carbocycles. The first kappa shape index (κ1) is 15.5. The molecule has 1 aliphatic rings. The molecule has 0 aromatic heterocycles. The topological polar surface area (TPSA) is 53.3 Å². The summed E-state index contributed by atoms with van der Waals surface area (Å²) in [5, 5.41) is 8.91. The van der Waals surface area contributed by atoms with Crippen molar-refractivity contribution in [1.82, 2.24) is 4.90 Å². The Morgan fingerprint density at radius 1 is 1.52 bits per heavy atom. The standard InChI is InChI=1S/C16H19FN2O2/c1-21-16(20)9-14-4-2-3-7-19(14)11-13-8-12(10-18)5-6-15(13)17/h5-6,8,14H,2-4,7,9,11H2,1H3. The van der Waals surface area contributed by atoms with E-state index in [2.05, 4.69) is 4.90 Å². The Kier molecular flexibility index (Phi) is 5.29. The summed E-state index contributed by atoms with van der Waals surface area (Å²) in [5.41, 5.74) is 0.957. The van der Waals surface area contributed by atoms with Crippen LogP contribution in [0.15, 0.2) is 18.2 Å². The maximum Gasteiger partial charge on any atom is 0.307 e. The predicted octanol–water partition coefficient (Wildman–Crippen LogP) is 2.61. The fourth-order valence-corrected chi connectivity index (χ4v) is 2.76. The second kappa shape index (κ2) is 7.19. The second-order valence-electron chi connectivity index (χ2n) is 5.32. The molecule has 1 heterocycles. The number of ether oxygens (including phenoxy) is 1. The molecule has 0 amide bonds. The molecular weight excluding hydrogens is 271 g/mol. The van der Waals surface area contributed by atoms with Crippen molar-refractivity contribution in [3.8, 4) is 6.07 Å². The van der Waals surface area contributed by atoms with E-state index in [0.29, 0.717) is 24.1 Å². The average Bonchev–Trinajstić information content (AvgIpc) is 2.51. The molecule has 0 aliphatic carbocycles. The molecular formula is C16H19FN2O2. The van der Waals surface area contributed by atoms with Crippen molar-refractivity contribution in [3.63, 3.8) is 0 Å². The molecule has 4 nitrogen and oxygen atoms in total. The van der Waals surface area contributed by atoms with Crippen molar-refractivity contribution >= 4 is 5.97 Å². The maximum atomic E-state index is 13.9. The van der Waals surface area contributed by atoms with E-state index in [4.69, 9.17) is 10.00 Å². The van der Waals surface area contributed by atoms with Gasteiger partial charge in [0.05, 0.1) is 25.2 Å². The van der Waals surface area contributed by atoms with E-state index in [-0.39, 0.29) is 17.8 Å². The number of piperidine rings is 1. The minimum absolute atomic E-state index is 0.0799. The lowest BCUT2D eigenvalue weighted by Crippen LogP contribution is -2.40. The number of benzene rings is 1. The predicted molar refractivity (Wildman–Crippen MR) is 75.8 cm³/mol. The van der Waals surface area contributed by atoms with Gasteiger partial charge in [-0.15, -0.1) is 0 Å². The van der Waals surface area contributed by atoms with E-state index >= 15 is 0 Å². The molecule has 2 rings (SSSR count). The van der Waals surface area contributed by atoms with E-state index < -0.39 is 0 Å². The first-order chi connectivity index (χ1) is 10.1. The Morgan fingerprint density at radius 2 is 2.33 bits per heavy atom. The lowest BCUT2D eigenvalue weighted by molar-refractivity contribution is -0.142. The van der Waals surface area contributed by atoms with Crippen molar-refractivity contribution < 1.29 is 13.9 Å². The van der Waals surface area contributed by atoms with Gasteiger partial charge < -0.3 is 4.74 Å². The van der Waals surface area contributed by atoms with Crippen LogP contribution in [0.5, 0.6) is 0 Å². The Labute approximate surface area is 124 Å². The Bertz CT molecular complexity index is 554. The number of carbonyl (C=O) groups is 1. The summed E-state index contributed by atoms with van der Waals surface area (Å²) in [5.74, 6) is -0.547. The van der Waals surface area contributed by atoms with Gasteiger partial charge in [0.2, 0.25) is 0 Å². The van der Waals surface area contributed by atoms with Crippen molar-refractivity contribution in [3.05, 3.63) is 35.1 Å². The third-order valence-electron chi connectivity index (χ3n) is 3.93. The first-order valence-electron chi connectivity index (χ1n) is 7.13. The van der Waals surface area contributed by atoms with Crippen LogP contribution in [0.4, 0.5) is 4.39 Å². The monoisotopic (exact) mass is 290 g/mol. The van der Waals surface area contributed by atoms with E-state index in [1.807, 2.05) is 6.07 Å². The molecule has 0 N–H and O–H groups in total. The number of likely N-dealkylation sites (tertiary alicyclic amines) is 1. The van der Waals surface area contributed by atoms with Crippen LogP contribution in [-0.2, 0) is 16.1 Å². The van der Waals surface area contributed by atoms with Crippen LogP contribution in [-0.4, -0.2) is 30.6 Å². The van der Waals surface area contributed by atoms with Crippen molar-refractivity contribution in [2.45, 2.75) is 38.3 Å². The Morgan fingerprint density at radius 3 is 3.05 bits per heavy atom. The minimum Gasteiger partial charge on any atom is -0.469 e. The first-order valence-corrected chi connectivity index (χ1v) is 7.13. The average molecular weight is 290 g/mol.